The molecular weight excluding hydrogens is 360 g/mol. The van der Waals surface area contributed by atoms with E-state index in [1.165, 1.54) is 18.3 Å². The Bertz CT molecular complexity index is 1040. The monoisotopic (exact) mass is 380 g/mol. The van der Waals surface area contributed by atoms with Gasteiger partial charge in [-0.3, -0.25) is 19.6 Å². The molecule has 1 aromatic heterocycles. The SMILES string of the molecule is CCn1ncc(C(=O)Nc2cc(Oc3cccc(C)c3)cc([N+](=O)[O-])c2)c1C. The number of non-ortho nitro benzene ring substituents is 1. The minimum Gasteiger partial charge on any atom is -0.457 e. The van der Waals surface area contributed by atoms with Gasteiger partial charge in [-0.1, -0.05) is 12.1 Å². The smallest absolute Gasteiger partial charge is 0.275 e. The molecule has 0 saturated carbocycles. The van der Waals surface area contributed by atoms with Crippen molar-refractivity contribution in [2.45, 2.75) is 27.3 Å². The maximum atomic E-state index is 12.6. The van der Waals surface area contributed by atoms with Crippen LogP contribution in [-0.2, 0) is 6.54 Å². The van der Waals surface area contributed by atoms with E-state index in [4.69, 9.17) is 4.74 Å². The van der Waals surface area contributed by atoms with Crippen molar-refractivity contribution in [2.24, 2.45) is 0 Å². The van der Waals surface area contributed by atoms with Crippen LogP contribution in [-0.4, -0.2) is 20.6 Å². The molecule has 0 saturated heterocycles. The second-order valence-electron chi connectivity index (χ2n) is 6.30. The van der Waals surface area contributed by atoms with Crippen LogP contribution in [0.3, 0.4) is 0 Å². The highest BCUT2D eigenvalue weighted by atomic mass is 16.6. The third kappa shape index (κ3) is 4.17. The van der Waals surface area contributed by atoms with E-state index in [9.17, 15) is 14.9 Å². The van der Waals surface area contributed by atoms with E-state index >= 15 is 0 Å². The summed E-state index contributed by atoms with van der Waals surface area (Å²) in [6.45, 7) is 6.29. The lowest BCUT2D eigenvalue weighted by atomic mass is 10.2. The zero-order valence-electron chi connectivity index (χ0n) is 15.8. The van der Waals surface area contributed by atoms with Crippen molar-refractivity contribution in [1.82, 2.24) is 9.78 Å². The molecule has 8 heteroatoms. The quantitative estimate of drug-likeness (QED) is 0.502. The summed E-state index contributed by atoms with van der Waals surface area (Å²) in [7, 11) is 0. The fourth-order valence-electron chi connectivity index (χ4n) is 2.82. The van der Waals surface area contributed by atoms with E-state index in [1.807, 2.05) is 32.0 Å². The first-order valence-electron chi connectivity index (χ1n) is 8.75. The van der Waals surface area contributed by atoms with Crippen LogP contribution in [0, 0.1) is 24.0 Å². The topological polar surface area (TPSA) is 99.3 Å². The summed E-state index contributed by atoms with van der Waals surface area (Å²) in [5.74, 6) is 0.424. The molecule has 28 heavy (non-hydrogen) atoms. The molecular formula is C20H20N4O4. The number of aryl methyl sites for hydroxylation is 2. The van der Waals surface area contributed by atoms with E-state index in [-0.39, 0.29) is 23.0 Å². The minimum atomic E-state index is -0.529. The number of hydrogen-bond acceptors (Lipinski definition) is 5. The Kier molecular flexibility index (Phi) is 5.39. The molecule has 1 amide bonds. The molecule has 0 atom stereocenters. The second kappa shape index (κ2) is 7.91. The first-order chi connectivity index (χ1) is 13.4. The predicted octanol–water partition coefficient (Wildman–Crippen LogP) is 4.47. The Morgan fingerprint density at radius 2 is 2.00 bits per heavy atom. The van der Waals surface area contributed by atoms with Crippen LogP contribution < -0.4 is 10.1 Å². The molecule has 0 spiro atoms. The Morgan fingerprint density at radius 3 is 2.64 bits per heavy atom. The van der Waals surface area contributed by atoms with Crippen LogP contribution in [0.1, 0.15) is 28.5 Å². The van der Waals surface area contributed by atoms with Gasteiger partial charge in [0.2, 0.25) is 0 Å². The van der Waals surface area contributed by atoms with Crippen LogP contribution in [0.5, 0.6) is 11.5 Å². The average Bonchev–Trinajstić information content (AvgIpc) is 3.02. The van der Waals surface area contributed by atoms with E-state index < -0.39 is 4.92 Å². The molecule has 0 radical (unpaired) electrons. The van der Waals surface area contributed by atoms with Crippen LogP contribution in [0.25, 0.3) is 0 Å². The first kappa shape index (κ1) is 19.1. The fraction of sp³-hybridized carbons (Fsp3) is 0.200. The average molecular weight is 380 g/mol. The highest BCUT2D eigenvalue weighted by Crippen LogP contribution is 2.30. The van der Waals surface area contributed by atoms with Gasteiger partial charge >= 0.3 is 0 Å². The van der Waals surface area contributed by atoms with Gasteiger partial charge in [-0.15, -0.1) is 0 Å². The van der Waals surface area contributed by atoms with E-state index in [0.717, 1.165) is 11.3 Å². The normalized spacial score (nSPS) is 10.5. The van der Waals surface area contributed by atoms with Gasteiger partial charge in [0, 0.05) is 24.4 Å². The largest absolute Gasteiger partial charge is 0.457 e. The zero-order chi connectivity index (χ0) is 20.3. The maximum absolute atomic E-state index is 12.6. The Morgan fingerprint density at radius 1 is 1.21 bits per heavy atom. The summed E-state index contributed by atoms with van der Waals surface area (Å²) in [6, 6.07) is 11.5. The number of rotatable bonds is 6. The Balaban J connectivity index is 1.89. The molecule has 8 nitrogen and oxygen atoms in total. The number of aromatic nitrogens is 2. The molecule has 0 unspecified atom stereocenters. The van der Waals surface area contributed by atoms with Crippen molar-refractivity contribution in [3.05, 3.63) is 75.6 Å². The van der Waals surface area contributed by atoms with Crippen molar-refractivity contribution in [3.63, 3.8) is 0 Å². The molecule has 0 aliphatic rings. The summed E-state index contributed by atoms with van der Waals surface area (Å²) in [4.78, 5) is 23.3. The van der Waals surface area contributed by atoms with Gasteiger partial charge in [-0.05, 0) is 38.5 Å². The molecule has 0 fully saturated rings. The molecule has 1 heterocycles. The number of carbonyl (C=O) groups is 1. The third-order valence-corrected chi connectivity index (χ3v) is 4.23. The summed E-state index contributed by atoms with van der Waals surface area (Å²) in [5, 5.41) is 18.1. The summed E-state index contributed by atoms with van der Waals surface area (Å²) in [6.07, 6.45) is 1.48. The number of benzene rings is 2. The first-order valence-corrected chi connectivity index (χ1v) is 8.75. The number of anilines is 1. The number of nitrogens with zero attached hydrogens (tertiary/aromatic N) is 3. The number of hydrogen-bond donors (Lipinski definition) is 1. The van der Waals surface area contributed by atoms with Crippen LogP contribution in [0.2, 0.25) is 0 Å². The lowest BCUT2D eigenvalue weighted by Crippen LogP contribution is -2.13. The fourth-order valence-corrected chi connectivity index (χ4v) is 2.82. The third-order valence-electron chi connectivity index (χ3n) is 4.23. The van der Waals surface area contributed by atoms with Gasteiger partial charge < -0.3 is 10.1 Å². The number of amides is 1. The molecule has 0 aliphatic carbocycles. The molecule has 0 bridgehead atoms. The van der Waals surface area contributed by atoms with Crippen molar-refractivity contribution in [1.29, 1.82) is 0 Å². The van der Waals surface area contributed by atoms with Crippen molar-refractivity contribution >= 4 is 17.3 Å². The Hall–Kier alpha value is -3.68. The van der Waals surface area contributed by atoms with E-state index in [1.54, 1.807) is 23.7 Å². The number of ether oxygens (including phenoxy) is 1. The number of nitro benzene ring substituents is 1. The van der Waals surface area contributed by atoms with Gasteiger partial charge in [-0.2, -0.15) is 5.10 Å². The molecule has 2 aromatic carbocycles. The van der Waals surface area contributed by atoms with Crippen LogP contribution in [0.4, 0.5) is 11.4 Å². The van der Waals surface area contributed by atoms with Gasteiger partial charge in [0.15, 0.2) is 0 Å². The molecule has 144 valence electrons. The van der Waals surface area contributed by atoms with Gasteiger partial charge in [-0.25, -0.2) is 0 Å². The lowest BCUT2D eigenvalue weighted by Gasteiger charge is -2.10. The lowest BCUT2D eigenvalue weighted by molar-refractivity contribution is -0.384. The Labute approximate surface area is 161 Å². The van der Waals surface area contributed by atoms with Gasteiger partial charge in [0.05, 0.1) is 28.4 Å². The molecule has 3 rings (SSSR count). The van der Waals surface area contributed by atoms with Crippen LogP contribution >= 0.6 is 0 Å². The van der Waals surface area contributed by atoms with Crippen LogP contribution in [0.15, 0.2) is 48.7 Å². The zero-order valence-corrected chi connectivity index (χ0v) is 15.8. The maximum Gasteiger partial charge on any atom is 0.275 e. The standard InChI is InChI=1S/C20H20N4O4/c1-4-23-14(3)19(12-21-23)20(25)22-15-9-16(24(26)27)11-18(10-15)28-17-7-5-6-13(2)8-17/h5-12H,4H2,1-3H3,(H,22,25). The highest BCUT2D eigenvalue weighted by Gasteiger charge is 2.17. The minimum absolute atomic E-state index is 0.179. The molecule has 0 aliphatic heterocycles. The number of carbonyl (C=O) groups excluding carboxylic acids is 1. The predicted molar refractivity (Wildman–Crippen MR) is 105 cm³/mol. The van der Waals surface area contributed by atoms with Crippen molar-refractivity contribution in [3.8, 4) is 11.5 Å². The molecule has 1 N–H and O–H groups in total. The number of nitrogens with one attached hydrogen (secondary N) is 1. The van der Waals surface area contributed by atoms with Gasteiger partial charge in [0.1, 0.15) is 11.5 Å². The van der Waals surface area contributed by atoms with Crippen molar-refractivity contribution in [2.75, 3.05) is 5.32 Å². The van der Waals surface area contributed by atoms with E-state index in [2.05, 4.69) is 10.4 Å². The number of nitro groups is 1. The second-order valence-corrected chi connectivity index (χ2v) is 6.30. The summed E-state index contributed by atoms with van der Waals surface area (Å²) in [5.41, 5.74) is 2.22. The van der Waals surface area contributed by atoms with Crippen molar-refractivity contribution < 1.29 is 14.5 Å². The summed E-state index contributed by atoms with van der Waals surface area (Å²) < 4.78 is 7.45. The molecule has 3 aromatic rings. The van der Waals surface area contributed by atoms with Gasteiger partial charge in [0.25, 0.3) is 11.6 Å². The highest BCUT2D eigenvalue weighted by molar-refractivity contribution is 6.05. The summed E-state index contributed by atoms with van der Waals surface area (Å²) >= 11 is 0. The van der Waals surface area contributed by atoms with E-state index in [0.29, 0.717) is 17.9 Å².